The molecule has 0 bridgehead atoms. The lowest BCUT2D eigenvalue weighted by atomic mass is 10.1. The van der Waals surface area contributed by atoms with Gasteiger partial charge in [-0.25, -0.2) is 14.6 Å². The van der Waals surface area contributed by atoms with E-state index in [4.69, 9.17) is 14.2 Å². The topological polar surface area (TPSA) is 202 Å². The first-order valence-corrected chi connectivity index (χ1v) is 13.5. The highest BCUT2D eigenvalue weighted by atomic mass is 31.2. The fraction of sp³-hybridized carbons (Fsp3) is 0.762. The SMILES string of the molecule is COCC(C)(OC1C[C@@]12O[C@@H](n1ncc3c(NC4CCCC4)nc(CO)nc31)[C@H](O)[C@@H]2O)P(=O)(O)O. The van der Waals surface area contributed by atoms with Gasteiger partial charge in [0.15, 0.2) is 23.0 Å². The van der Waals surface area contributed by atoms with Crippen LogP contribution in [0.1, 0.15) is 51.1 Å². The maximum absolute atomic E-state index is 12.1. The Morgan fingerprint density at radius 3 is 2.67 bits per heavy atom. The van der Waals surface area contributed by atoms with Gasteiger partial charge in [0.25, 0.3) is 0 Å². The number of fused-ring (bicyclic) bond motifs is 1. The van der Waals surface area contributed by atoms with Crippen LogP contribution < -0.4 is 5.32 Å². The third-order valence-corrected chi connectivity index (χ3v) is 8.82. The zero-order chi connectivity index (χ0) is 25.9. The van der Waals surface area contributed by atoms with Crippen LogP contribution in [0, 0.1) is 0 Å². The van der Waals surface area contributed by atoms with E-state index in [1.165, 1.54) is 24.9 Å². The van der Waals surface area contributed by atoms with E-state index in [1.54, 1.807) is 0 Å². The van der Waals surface area contributed by atoms with Crippen molar-refractivity contribution in [3.8, 4) is 0 Å². The second-order valence-electron chi connectivity index (χ2n) is 9.96. The highest BCUT2D eigenvalue weighted by Crippen LogP contribution is 2.60. The lowest BCUT2D eigenvalue weighted by Crippen LogP contribution is -2.40. The fourth-order valence-electron chi connectivity index (χ4n) is 5.17. The van der Waals surface area contributed by atoms with Crippen molar-refractivity contribution in [2.24, 2.45) is 0 Å². The smallest absolute Gasteiger partial charge is 0.359 e. The highest BCUT2D eigenvalue weighted by Gasteiger charge is 2.72. The van der Waals surface area contributed by atoms with Crippen LogP contribution in [-0.4, -0.2) is 93.9 Å². The Morgan fingerprint density at radius 2 is 2.03 bits per heavy atom. The molecule has 200 valence electrons. The van der Waals surface area contributed by atoms with Crippen LogP contribution in [0.25, 0.3) is 11.0 Å². The predicted octanol–water partition coefficient (Wildman–Crippen LogP) is -0.00830. The van der Waals surface area contributed by atoms with Gasteiger partial charge in [-0.1, -0.05) is 12.8 Å². The molecular formula is C21H32N5O9P. The van der Waals surface area contributed by atoms with E-state index >= 15 is 0 Å². The number of aliphatic hydroxyl groups is 3. The summed E-state index contributed by atoms with van der Waals surface area (Å²) in [7, 11) is -3.45. The standard InChI is InChI=1S/C21H32N5O9P/c1-20(10-33-2,36(30,31)32)34-13-7-21(13)16(29)15(28)19(35-21)26-18-12(8-22-26)17(24-14(9-27)25-18)23-11-5-3-4-6-11/h8,11,13,15-16,19,27-29H,3-7,9-10H2,1-2H3,(H,23,24,25)(H2,30,31,32)/t13?,15-,16+,19-,20?,21-/m1/s1. The minimum absolute atomic E-state index is 0.103. The average molecular weight is 529 g/mol. The van der Waals surface area contributed by atoms with Crippen molar-refractivity contribution in [1.29, 1.82) is 0 Å². The van der Waals surface area contributed by atoms with Crippen LogP contribution in [0.2, 0.25) is 0 Å². The molecule has 2 aliphatic carbocycles. The molecule has 6 N–H and O–H groups in total. The van der Waals surface area contributed by atoms with Crippen molar-refractivity contribution < 1.29 is 43.9 Å². The Kier molecular flexibility index (Phi) is 6.63. The maximum Gasteiger partial charge on any atom is 0.359 e. The zero-order valence-corrected chi connectivity index (χ0v) is 20.9. The van der Waals surface area contributed by atoms with Crippen molar-refractivity contribution in [3.63, 3.8) is 0 Å². The van der Waals surface area contributed by atoms with Crippen molar-refractivity contribution >= 4 is 24.4 Å². The molecule has 36 heavy (non-hydrogen) atoms. The van der Waals surface area contributed by atoms with Gasteiger partial charge in [0.05, 0.1) is 24.3 Å². The molecule has 1 spiro atoms. The van der Waals surface area contributed by atoms with Gasteiger partial charge < -0.3 is 44.6 Å². The normalized spacial score (nSPS) is 32.4. The summed E-state index contributed by atoms with van der Waals surface area (Å²) >= 11 is 0. The summed E-state index contributed by atoms with van der Waals surface area (Å²) in [6, 6.07) is 0.246. The van der Waals surface area contributed by atoms with Crippen LogP contribution >= 0.6 is 7.60 Å². The Morgan fingerprint density at radius 1 is 1.31 bits per heavy atom. The Hall–Kier alpha value is -1.74. The van der Waals surface area contributed by atoms with E-state index in [-0.39, 0.29) is 24.9 Å². The van der Waals surface area contributed by atoms with Gasteiger partial charge in [0, 0.05) is 19.6 Å². The number of nitrogens with one attached hydrogen (secondary N) is 1. The number of aliphatic hydroxyl groups excluding tert-OH is 3. The van der Waals surface area contributed by atoms with Gasteiger partial charge >= 0.3 is 7.60 Å². The highest BCUT2D eigenvalue weighted by molar-refractivity contribution is 7.53. The lowest BCUT2D eigenvalue weighted by molar-refractivity contribution is -0.110. The molecule has 2 aromatic heterocycles. The van der Waals surface area contributed by atoms with E-state index in [2.05, 4.69) is 20.4 Å². The molecule has 3 aliphatic rings. The average Bonchev–Trinajstić information content (AvgIpc) is 3.18. The molecular weight excluding hydrogens is 497 g/mol. The first-order chi connectivity index (χ1) is 17.0. The zero-order valence-electron chi connectivity index (χ0n) is 20.0. The lowest BCUT2D eigenvalue weighted by Gasteiger charge is -2.30. The van der Waals surface area contributed by atoms with Gasteiger partial charge in [-0.15, -0.1) is 0 Å². The number of nitrogens with zero attached hydrogens (tertiary/aromatic N) is 4. The summed E-state index contributed by atoms with van der Waals surface area (Å²) in [4.78, 5) is 28.4. The van der Waals surface area contributed by atoms with Crippen LogP contribution in [-0.2, 0) is 25.4 Å². The first kappa shape index (κ1) is 25.9. The van der Waals surface area contributed by atoms with Crippen LogP contribution in [0.3, 0.4) is 0 Å². The van der Waals surface area contributed by atoms with Gasteiger partial charge in [0.2, 0.25) is 0 Å². The maximum atomic E-state index is 12.1. The Balaban J connectivity index is 1.42. The summed E-state index contributed by atoms with van der Waals surface area (Å²) < 4.78 is 30.1. The van der Waals surface area contributed by atoms with Crippen molar-refractivity contribution in [2.45, 2.75) is 87.2 Å². The van der Waals surface area contributed by atoms with Crippen molar-refractivity contribution in [3.05, 3.63) is 12.0 Å². The monoisotopic (exact) mass is 529 g/mol. The molecule has 1 aliphatic heterocycles. The molecule has 5 rings (SSSR count). The third kappa shape index (κ3) is 4.24. The van der Waals surface area contributed by atoms with Gasteiger partial charge in [-0.3, -0.25) is 4.57 Å². The van der Waals surface area contributed by atoms with E-state index in [9.17, 15) is 29.7 Å². The number of ether oxygens (including phenoxy) is 3. The fourth-order valence-corrected chi connectivity index (χ4v) is 5.74. The summed E-state index contributed by atoms with van der Waals surface area (Å²) in [6.07, 6.45) is 0.992. The molecule has 2 aromatic rings. The molecule has 3 fully saturated rings. The molecule has 6 atom stereocenters. The van der Waals surface area contributed by atoms with Gasteiger partial charge in [-0.05, 0) is 19.8 Å². The Labute approximate surface area is 206 Å². The van der Waals surface area contributed by atoms with E-state index in [1.807, 2.05) is 0 Å². The van der Waals surface area contributed by atoms with Crippen LogP contribution in [0.15, 0.2) is 6.20 Å². The summed E-state index contributed by atoms with van der Waals surface area (Å²) in [5.74, 6) is 0.687. The Bertz CT molecular complexity index is 1170. The number of methoxy groups -OCH3 is 1. The van der Waals surface area contributed by atoms with Crippen LogP contribution in [0.4, 0.5) is 5.82 Å². The minimum Gasteiger partial charge on any atom is -0.388 e. The predicted molar refractivity (Wildman–Crippen MR) is 124 cm³/mol. The molecule has 0 aromatic carbocycles. The third-order valence-electron chi connectivity index (χ3n) is 7.35. The molecule has 3 heterocycles. The minimum atomic E-state index is -4.75. The van der Waals surface area contributed by atoms with E-state index in [0.717, 1.165) is 25.7 Å². The van der Waals surface area contributed by atoms with Crippen LogP contribution in [0.5, 0.6) is 0 Å². The van der Waals surface area contributed by atoms with Crippen molar-refractivity contribution in [1.82, 2.24) is 19.7 Å². The van der Waals surface area contributed by atoms with Crippen molar-refractivity contribution in [2.75, 3.05) is 19.0 Å². The first-order valence-electron chi connectivity index (χ1n) is 11.9. The number of anilines is 1. The molecule has 1 saturated heterocycles. The second-order valence-corrected chi connectivity index (χ2v) is 12.0. The molecule has 0 radical (unpaired) electrons. The van der Waals surface area contributed by atoms with Gasteiger partial charge in [-0.2, -0.15) is 5.10 Å². The van der Waals surface area contributed by atoms with E-state index in [0.29, 0.717) is 16.9 Å². The quantitative estimate of drug-likeness (QED) is 0.237. The van der Waals surface area contributed by atoms with E-state index < -0.39 is 49.7 Å². The molecule has 15 heteroatoms. The second kappa shape index (κ2) is 9.22. The number of aromatic nitrogens is 4. The summed E-state index contributed by atoms with van der Waals surface area (Å²) in [5.41, 5.74) is -1.08. The number of hydrogen-bond donors (Lipinski definition) is 6. The molecule has 2 saturated carbocycles. The number of rotatable bonds is 9. The van der Waals surface area contributed by atoms with Gasteiger partial charge in [0.1, 0.15) is 30.2 Å². The summed E-state index contributed by atoms with van der Waals surface area (Å²) in [6.45, 7) is 0.441. The molecule has 0 amide bonds. The largest absolute Gasteiger partial charge is 0.388 e. The summed E-state index contributed by atoms with van der Waals surface area (Å²) in [5, 5.41) is 37.8. The molecule has 14 nitrogen and oxygen atoms in total. The number of hydrogen-bond acceptors (Lipinski definition) is 11. The molecule has 2 unspecified atom stereocenters.